The van der Waals surface area contributed by atoms with E-state index in [1.54, 1.807) is 12.3 Å². The number of nitrogens with one attached hydrogen (secondary N) is 1. The fourth-order valence-corrected chi connectivity index (χ4v) is 1.87. The van der Waals surface area contributed by atoms with Crippen molar-refractivity contribution in [2.75, 3.05) is 11.9 Å². The summed E-state index contributed by atoms with van der Waals surface area (Å²) >= 11 is 5.99. The highest BCUT2D eigenvalue weighted by atomic mass is 35.5. The third kappa shape index (κ3) is 3.09. The van der Waals surface area contributed by atoms with Gasteiger partial charge in [-0.1, -0.05) is 30.5 Å². The van der Waals surface area contributed by atoms with E-state index in [4.69, 9.17) is 11.6 Å². The molecular formula is C12H16ClN3O. The van der Waals surface area contributed by atoms with Crippen molar-refractivity contribution in [3.63, 3.8) is 0 Å². The van der Waals surface area contributed by atoms with Crippen LogP contribution in [0.25, 0.3) is 0 Å². The minimum atomic E-state index is -0.275. The van der Waals surface area contributed by atoms with Crippen LogP contribution in [-0.2, 0) is 6.54 Å². The minimum Gasteiger partial charge on any atom is -0.382 e. The Kier molecular flexibility index (Phi) is 3.84. The van der Waals surface area contributed by atoms with Crippen LogP contribution in [-0.4, -0.2) is 16.3 Å². The van der Waals surface area contributed by atoms with Gasteiger partial charge in [-0.3, -0.25) is 4.79 Å². The van der Waals surface area contributed by atoms with Crippen molar-refractivity contribution in [2.45, 2.75) is 25.8 Å². The summed E-state index contributed by atoms with van der Waals surface area (Å²) in [4.78, 5) is 11.8. The Morgan fingerprint density at radius 3 is 3.06 bits per heavy atom. The molecule has 1 heterocycles. The number of hydrogen-bond acceptors (Lipinski definition) is 3. The molecule has 0 spiro atoms. The first-order chi connectivity index (χ1) is 8.22. The van der Waals surface area contributed by atoms with Crippen LogP contribution >= 0.6 is 11.6 Å². The molecule has 2 rings (SSSR count). The predicted octanol–water partition coefficient (Wildman–Crippen LogP) is 2.29. The molecule has 1 aliphatic carbocycles. The van der Waals surface area contributed by atoms with Crippen molar-refractivity contribution in [2.24, 2.45) is 5.92 Å². The second kappa shape index (κ2) is 5.36. The monoisotopic (exact) mass is 253 g/mol. The van der Waals surface area contributed by atoms with Crippen molar-refractivity contribution in [1.82, 2.24) is 9.78 Å². The molecule has 1 saturated carbocycles. The number of anilines is 1. The summed E-state index contributed by atoms with van der Waals surface area (Å²) in [6.07, 6.45) is 7.00. The SMILES string of the molecule is C=CCn1ncc(NCCC2CC2)c(Cl)c1=O. The smallest absolute Gasteiger partial charge is 0.287 e. The molecule has 1 aromatic heterocycles. The standard InChI is InChI=1S/C12H16ClN3O/c1-2-7-16-12(17)11(13)10(8-15-16)14-6-5-9-3-4-9/h2,8-9,14H,1,3-7H2. The van der Waals surface area contributed by atoms with Crippen molar-refractivity contribution < 1.29 is 0 Å². The lowest BCUT2D eigenvalue weighted by molar-refractivity contribution is 0.652. The molecule has 0 radical (unpaired) electrons. The Bertz CT molecular complexity index is 465. The first-order valence-electron chi connectivity index (χ1n) is 5.82. The third-order valence-electron chi connectivity index (χ3n) is 2.85. The van der Waals surface area contributed by atoms with Gasteiger partial charge in [-0.25, -0.2) is 4.68 Å². The Balaban J connectivity index is 2.03. The number of rotatable bonds is 6. The molecule has 4 nitrogen and oxygen atoms in total. The van der Waals surface area contributed by atoms with Gasteiger partial charge in [-0.05, 0) is 12.3 Å². The summed E-state index contributed by atoms with van der Waals surface area (Å²) in [6, 6.07) is 0. The quantitative estimate of drug-likeness (QED) is 0.792. The summed E-state index contributed by atoms with van der Waals surface area (Å²) < 4.78 is 1.29. The molecule has 0 unspecified atom stereocenters. The van der Waals surface area contributed by atoms with Gasteiger partial charge in [0.15, 0.2) is 0 Å². The highest BCUT2D eigenvalue weighted by molar-refractivity contribution is 6.32. The second-order valence-corrected chi connectivity index (χ2v) is 4.68. The first-order valence-corrected chi connectivity index (χ1v) is 6.20. The molecule has 1 N–H and O–H groups in total. The minimum absolute atomic E-state index is 0.206. The van der Waals surface area contributed by atoms with E-state index in [1.165, 1.54) is 17.5 Å². The van der Waals surface area contributed by atoms with Crippen molar-refractivity contribution >= 4 is 17.3 Å². The molecule has 17 heavy (non-hydrogen) atoms. The van der Waals surface area contributed by atoms with Crippen LogP contribution in [0.15, 0.2) is 23.6 Å². The van der Waals surface area contributed by atoms with Crippen molar-refractivity contribution in [3.8, 4) is 0 Å². The summed E-state index contributed by atoms with van der Waals surface area (Å²) in [5.41, 5.74) is 0.348. The maximum absolute atomic E-state index is 11.8. The summed E-state index contributed by atoms with van der Waals surface area (Å²) in [5.74, 6) is 0.857. The lowest BCUT2D eigenvalue weighted by Gasteiger charge is -2.08. The van der Waals surface area contributed by atoms with Gasteiger partial charge in [-0.15, -0.1) is 6.58 Å². The van der Waals surface area contributed by atoms with E-state index in [1.807, 2.05) is 0 Å². The highest BCUT2D eigenvalue weighted by Crippen LogP contribution is 2.32. The van der Waals surface area contributed by atoms with Crippen LogP contribution < -0.4 is 10.9 Å². The third-order valence-corrected chi connectivity index (χ3v) is 3.22. The fraction of sp³-hybridized carbons (Fsp3) is 0.500. The zero-order valence-corrected chi connectivity index (χ0v) is 10.4. The van der Waals surface area contributed by atoms with E-state index < -0.39 is 0 Å². The number of nitrogens with zero attached hydrogens (tertiary/aromatic N) is 2. The molecule has 1 fully saturated rings. The zero-order valence-electron chi connectivity index (χ0n) is 9.66. The van der Waals surface area contributed by atoms with E-state index in [-0.39, 0.29) is 10.6 Å². The molecule has 1 aromatic rings. The van der Waals surface area contributed by atoms with E-state index in [9.17, 15) is 4.79 Å². The Labute approximate surface area is 105 Å². The van der Waals surface area contributed by atoms with Gasteiger partial charge in [0, 0.05) is 6.54 Å². The largest absolute Gasteiger partial charge is 0.382 e. The fourth-order valence-electron chi connectivity index (χ4n) is 1.66. The lowest BCUT2D eigenvalue weighted by Crippen LogP contribution is -2.23. The molecule has 5 heteroatoms. The molecule has 0 aromatic carbocycles. The van der Waals surface area contributed by atoms with E-state index in [2.05, 4.69) is 17.0 Å². The van der Waals surface area contributed by atoms with E-state index in [0.29, 0.717) is 12.2 Å². The van der Waals surface area contributed by atoms with Crippen LogP contribution in [0.2, 0.25) is 5.02 Å². The van der Waals surface area contributed by atoms with Crippen LogP contribution in [0.3, 0.4) is 0 Å². The molecule has 0 atom stereocenters. The van der Waals surface area contributed by atoms with Gasteiger partial charge in [0.1, 0.15) is 5.02 Å². The maximum atomic E-state index is 11.8. The average molecular weight is 254 g/mol. The summed E-state index contributed by atoms with van der Waals surface area (Å²) in [5, 5.41) is 7.40. The predicted molar refractivity (Wildman–Crippen MR) is 69.5 cm³/mol. The summed E-state index contributed by atoms with van der Waals surface area (Å²) in [6.45, 7) is 4.79. The maximum Gasteiger partial charge on any atom is 0.287 e. The Hall–Kier alpha value is -1.29. The number of hydrogen-bond donors (Lipinski definition) is 1. The van der Waals surface area contributed by atoms with E-state index >= 15 is 0 Å². The van der Waals surface area contributed by atoms with Crippen LogP contribution in [0, 0.1) is 5.92 Å². The number of halogens is 1. The van der Waals surface area contributed by atoms with Gasteiger partial charge >= 0.3 is 0 Å². The average Bonchev–Trinajstić information content (AvgIpc) is 3.12. The molecule has 0 aliphatic heterocycles. The van der Waals surface area contributed by atoms with E-state index in [0.717, 1.165) is 18.9 Å². The van der Waals surface area contributed by atoms with Gasteiger partial charge in [0.2, 0.25) is 0 Å². The first kappa shape index (κ1) is 12.2. The molecule has 0 bridgehead atoms. The molecule has 0 saturated heterocycles. The molecule has 1 aliphatic rings. The second-order valence-electron chi connectivity index (χ2n) is 4.31. The molecular weight excluding hydrogens is 238 g/mol. The normalized spacial score (nSPS) is 14.6. The summed E-state index contributed by atoms with van der Waals surface area (Å²) in [7, 11) is 0. The lowest BCUT2D eigenvalue weighted by atomic mass is 10.3. The highest BCUT2D eigenvalue weighted by Gasteiger charge is 2.20. The zero-order chi connectivity index (χ0) is 12.3. The Morgan fingerprint density at radius 1 is 1.65 bits per heavy atom. The molecule has 92 valence electrons. The number of allylic oxidation sites excluding steroid dienone is 1. The van der Waals surface area contributed by atoms with Gasteiger partial charge < -0.3 is 5.32 Å². The van der Waals surface area contributed by atoms with Gasteiger partial charge in [0.25, 0.3) is 5.56 Å². The van der Waals surface area contributed by atoms with Crippen LogP contribution in [0.5, 0.6) is 0 Å². The molecule has 0 amide bonds. The van der Waals surface area contributed by atoms with Crippen LogP contribution in [0.1, 0.15) is 19.3 Å². The topological polar surface area (TPSA) is 46.9 Å². The van der Waals surface area contributed by atoms with Crippen molar-refractivity contribution in [3.05, 3.63) is 34.2 Å². The van der Waals surface area contributed by atoms with Crippen LogP contribution in [0.4, 0.5) is 5.69 Å². The van der Waals surface area contributed by atoms with Gasteiger partial charge in [0.05, 0.1) is 18.4 Å². The van der Waals surface area contributed by atoms with Gasteiger partial charge in [-0.2, -0.15) is 5.10 Å². The Morgan fingerprint density at radius 2 is 2.41 bits per heavy atom. The van der Waals surface area contributed by atoms with Crippen molar-refractivity contribution in [1.29, 1.82) is 0 Å². The number of aromatic nitrogens is 2.